The first-order valence-corrected chi connectivity index (χ1v) is 9.46. The zero-order valence-corrected chi connectivity index (χ0v) is 14.6. The van der Waals surface area contributed by atoms with Crippen molar-refractivity contribution in [1.29, 1.82) is 0 Å². The standard InChI is InChI=1S/C14H18N4O3S2/c1-12-11-22-14(17(12)2)16-15-9-13-5-3-6-18(10-13)7-4-8-23(19,20)21/h3,5-6,9-11H,4,7-8H2,1-2H3/p+1. The Balaban J connectivity index is 2.04. The van der Waals surface area contributed by atoms with Gasteiger partial charge in [0.1, 0.15) is 6.54 Å². The third-order valence-corrected chi connectivity index (χ3v) is 5.03. The number of pyridine rings is 1. The monoisotopic (exact) mass is 355 g/mol. The number of nitrogens with zero attached hydrogens (tertiary/aromatic N) is 4. The number of rotatable bonds is 6. The van der Waals surface area contributed by atoms with Crippen LogP contribution in [0.1, 0.15) is 17.7 Å². The fourth-order valence-corrected chi connectivity index (χ4v) is 3.19. The van der Waals surface area contributed by atoms with E-state index in [1.54, 1.807) is 6.21 Å². The average molecular weight is 355 g/mol. The Bertz CT molecular complexity index is 866. The maximum atomic E-state index is 10.7. The lowest BCUT2D eigenvalue weighted by Gasteiger charge is -1.97. The fourth-order valence-electron chi connectivity index (χ4n) is 1.87. The van der Waals surface area contributed by atoms with E-state index in [2.05, 4.69) is 10.2 Å². The third-order valence-electron chi connectivity index (χ3n) is 3.20. The van der Waals surface area contributed by atoms with Crippen LogP contribution in [0.25, 0.3) is 0 Å². The van der Waals surface area contributed by atoms with Gasteiger partial charge in [-0.15, -0.1) is 16.4 Å². The highest BCUT2D eigenvalue weighted by Crippen LogP contribution is 1.97. The lowest BCUT2D eigenvalue weighted by Crippen LogP contribution is -2.34. The van der Waals surface area contributed by atoms with Gasteiger partial charge in [-0.05, 0) is 13.0 Å². The molecule has 124 valence electrons. The number of hydrogen-bond donors (Lipinski definition) is 1. The van der Waals surface area contributed by atoms with Crippen LogP contribution in [0.15, 0.2) is 40.1 Å². The van der Waals surface area contributed by atoms with Crippen LogP contribution < -0.4 is 9.37 Å². The Morgan fingerprint density at radius 1 is 1.48 bits per heavy atom. The third kappa shape index (κ3) is 5.70. The van der Waals surface area contributed by atoms with Crippen LogP contribution in [0.3, 0.4) is 0 Å². The van der Waals surface area contributed by atoms with E-state index in [1.165, 1.54) is 11.3 Å². The smallest absolute Gasteiger partial charge is 0.265 e. The minimum atomic E-state index is -3.91. The summed E-state index contributed by atoms with van der Waals surface area (Å²) in [6, 6.07) is 3.74. The summed E-state index contributed by atoms with van der Waals surface area (Å²) in [4.78, 5) is 0.815. The second kappa shape index (κ2) is 7.62. The van der Waals surface area contributed by atoms with Crippen molar-refractivity contribution in [2.24, 2.45) is 17.3 Å². The summed E-state index contributed by atoms with van der Waals surface area (Å²) >= 11 is 1.52. The van der Waals surface area contributed by atoms with Gasteiger partial charge in [0.05, 0.1) is 17.5 Å². The molecule has 0 aliphatic rings. The molecule has 0 amide bonds. The van der Waals surface area contributed by atoms with Crippen molar-refractivity contribution < 1.29 is 17.5 Å². The van der Waals surface area contributed by atoms with E-state index in [-0.39, 0.29) is 5.75 Å². The van der Waals surface area contributed by atoms with E-state index in [0.717, 1.165) is 16.1 Å². The topological polar surface area (TPSA) is 87.9 Å². The molecule has 0 unspecified atom stereocenters. The molecule has 0 saturated heterocycles. The van der Waals surface area contributed by atoms with Crippen LogP contribution in [0, 0.1) is 6.92 Å². The van der Waals surface area contributed by atoms with Crippen molar-refractivity contribution in [3.05, 3.63) is 46.0 Å². The Kier molecular flexibility index (Phi) is 5.80. The number of aromatic nitrogens is 2. The molecule has 0 radical (unpaired) electrons. The van der Waals surface area contributed by atoms with Crippen LogP contribution in [-0.2, 0) is 23.7 Å². The maximum absolute atomic E-state index is 10.7. The van der Waals surface area contributed by atoms with E-state index in [0.29, 0.717) is 13.0 Å². The Morgan fingerprint density at radius 2 is 2.26 bits per heavy atom. The molecule has 2 aromatic rings. The van der Waals surface area contributed by atoms with Crippen molar-refractivity contribution >= 4 is 27.7 Å². The molecule has 0 aliphatic heterocycles. The molecule has 0 bridgehead atoms. The summed E-state index contributed by atoms with van der Waals surface area (Å²) in [5.74, 6) is -0.248. The van der Waals surface area contributed by atoms with E-state index in [1.807, 2.05) is 53.0 Å². The minimum Gasteiger partial charge on any atom is -0.323 e. The van der Waals surface area contributed by atoms with Gasteiger partial charge in [-0.2, -0.15) is 13.5 Å². The van der Waals surface area contributed by atoms with Crippen molar-refractivity contribution in [1.82, 2.24) is 4.57 Å². The molecular weight excluding hydrogens is 336 g/mol. The molecule has 1 N–H and O–H groups in total. The second-order valence-electron chi connectivity index (χ2n) is 5.08. The first kappa shape index (κ1) is 17.5. The molecule has 2 heterocycles. The van der Waals surface area contributed by atoms with Crippen molar-refractivity contribution in [3.63, 3.8) is 0 Å². The average Bonchev–Trinajstić information content (AvgIpc) is 2.78. The zero-order chi connectivity index (χ0) is 16.9. The van der Waals surface area contributed by atoms with Crippen LogP contribution >= 0.6 is 11.3 Å². The Labute approximate surface area is 139 Å². The molecule has 2 aromatic heterocycles. The van der Waals surface area contributed by atoms with E-state index < -0.39 is 10.1 Å². The van der Waals surface area contributed by atoms with E-state index in [9.17, 15) is 8.42 Å². The summed E-state index contributed by atoms with van der Waals surface area (Å²) < 4.78 is 33.9. The quantitative estimate of drug-likeness (QED) is 0.361. The molecule has 9 heteroatoms. The van der Waals surface area contributed by atoms with Crippen molar-refractivity contribution in [3.8, 4) is 0 Å². The second-order valence-corrected chi connectivity index (χ2v) is 7.49. The van der Waals surface area contributed by atoms with Gasteiger partial charge in [-0.1, -0.05) is 0 Å². The lowest BCUT2D eigenvalue weighted by atomic mass is 10.3. The summed E-state index contributed by atoms with van der Waals surface area (Å²) in [5.41, 5.74) is 1.99. The summed E-state index contributed by atoms with van der Waals surface area (Å²) in [5, 5.41) is 10.3. The molecule has 0 saturated carbocycles. The van der Waals surface area contributed by atoms with Crippen molar-refractivity contribution in [2.75, 3.05) is 5.75 Å². The molecule has 7 nitrogen and oxygen atoms in total. The first-order valence-electron chi connectivity index (χ1n) is 6.97. The van der Waals surface area contributed by atoms with Gasteiger partial charge in [-0.25, -0.2) is 4.57 Å². The zero-order valence-electron chi connectivity index (χ0n) is 13.0. The van der Waals surface area contributed by atoms with Gasteiger partial charge >= 0.3 is 0 Å². The highest BCUT2D eigenvalue weighted by molar-refractivity contribution is 7.85. The molecule has 0 atom stereocenters. The largest absolute Gasteiger partial charge is 0.323 e. The predicted molar refractivity (Wildman–Crippen MR) is 88.9 cm³/mol. The van der Waals surface area contributed by atoms with E-state index >= 15 is 0 Å². The van der Waals surface area contributed by atoms with Gasteiger partial charge in [-0.3, -0.25) is 4.55 Å². The molecule has 0 aliphatic carbocycles. The molecular formula is C14H19N4O3S2+. The van der Waals surface area contributed by atoms with Crippen molar-refractivity contribution in [2.45, 2.75) is 19.9 Å². The van der Waals surface area contributed by atoms with Crippen LogP contribution in [-0.4, -0.2) is 29.5 Å². The summed E-state index contributed by atoms with van der Waals surface area (Å²) in [7, 11) is -1.97. The number of thiazole rings is 1. The van der Waals surface area contributed by atoms with Gasteiger partial charge < -0.3 is 4.57 Å². The first-order chi connectivity index (χ1) is 10.8. The number of aryl methyl sites for hydroxylation is 2. The van der Waals surface area contributed by atoms with E-state index in [4.69, 9.17) is 4.55 Å². The molecule has 0 fully saturated rings. The van der Waals surface area contributed by atoms with Gasteiger partial charge in [0, 0.05) is 30.6 Å². The number of hydrogen-bond acceptors (Lipinski definition) is 5. The summed E-state index contributed by atoms with van der Waals surface area (Å²) in [6.07, 6.45) is 5.68. The summed E-state index contributed by atoms with van der Waals surface area (Å²) in [6.45, 7) is 2.50. The molecule has 2 rings (SSSR count). The van der Waals surface area contributed by atoms with Crippen LogP contribution in [0.2, 0.25) is 0 Å². The van der Waals surface area contributed by atoms with Crippen LogP contribution in [0.4, 0.5) is 0 Å². The lowest BCUT2D eigenvalue weighted by molar-refractivity contribution is -0.696. The van der Waals surface area contributed by atoms with Gasteiger partial charge in [0.25, 0.3) is 10.1 Å². The van der Waals surface area contributed by atoms with Crippen LogP contribution in [0.5, 0.6) is 0 Å². The predicted octanol–water partition coefficient (Wildman–Crippen LogP) is 0.895. The van der Waals surface area contributed by atoms with Gasteiger partial charge in [0.15, 0.2) is 12.4 Å². The minimum absolute atomic E-state index is 0.248. The van der Waals surface area contributed by atoms with Gasteiger partial charge in [0.2, 0.25) is 4.80 Å². The molecule has 0 spiro atoms. The Hall–Kier alpha value is -1.84. The molecule has 23 heavy (non-hydrogen) atoms. The SMILES string of the molecule is Cc1csc(=NN=Cc2ccc[n+](CCCS(=O)(=O)O)c2)n1C. The maximum Gasteiger partial charge on any atom is 0.265 e. The highest BCUT2D eigenvalue weighted by Gasteiger charge is 2.07. The normalized spacial score (nSPS) is 13.1. The highest BCUT2D eigenvalue weighted by atomic mass is 32.2. The molecule has 0 aromatic carbocycles. The fraction of sp³-hybridized carbons (Fsp3) is 0.357. The Morgan fingerprint density at radius 3 is 2.91 bits per heavy atom.